The third-order valence-corrected chi connectivity index (χ3v) is 3.80. The molecule has 0 aromatic carbocycles. The normalized spacial score (nSPS) is 11.5. The first-order valence-corrected chi connectivity index (χ1v) is 6.95. The minimum Gasteiger partial charge on any atom is -0.361 e. The topological polar surface area (TPSA) is 68.0 Å². The number of nitrogens with one attached hydrogen (secondary N) is 1. The van der Waals surface area contributed by atoms with Gasteiger partial charge in [-0.1, -0.05) is 5.16 Å². The van der Waals surface area contributed by atoms with E-state index in [0.29, 0.717) is 12.3 Å². The summed E-state index contributed by atoms with van der Waals surface area (Å²) in [5.41, 5.74) is 3.05. The van der Waals surface area contributed by atoms with Gasteiger partial charge in [-0.25, -0.2) is 0 Å². The first-order chi connectivity index (χ1) is 9.84. The van der Waals surface area contributed by atoms with E-state index in [1.54, 1.807) is 12.4 Å². The van der Waals surface area contributed by atoms with Crippen molar-refractivity contribution in [1.29, 1.82) is 0 Å². The van der Waals surface area contributed by atoms with Crippen LogP contribution >= 0.6 is 0 Å². The number of nitrogens with zero attached hydrogens (tertiary/aromatic N) is 2. The summed E-state index contributed by atoms with van der Waals surface area (Å²) >= 11 is 0. The predicted molar refractivity (Wildman–Crippen MR) is 79.8 cm³/mol. The van der Waals surface area contributed by atoms with Crippen LogP contribution in [-0.4, -0.2) is 16.0 Å². The van der Waals surface area contributed by atoms with Crippen molar-refractivity contribution in [2.24, 2.45) is 0 Å². The molecule has 0 saturated carbocycles. The van der Waals surface area contributed by atoms with Gasteiger partial charge in [0, 0.05) is 24.5 Å². The van der Waals surface area contributed by atoms with Crippen molar-refractivity contribution >= 4 is 5.91 Å². The molecule has 0 bridgehead atoms. The van der Waals surface area contributed by atoms with Crippen molar-refractivity contribution in [2.45, 2.75) is 46.6 Å². The Morgan fingerprint density at radius 1 is 1.33 bits per heavy atom. The molecule has 0 aliphatic carbocycles. The van der Waals surface area contributed by atoms with Crippen LogP contribution in [0, 0.1) is 20.8 Å². The van der Waals surface area contributed by atoms with Gasteiger partial charge in [0.2, 0.25) is 5.91 Å². The van der Waals surface area contributed by atoms with Crippen LogP contribution in [0.1, 0.15) is 42.0 Å². The number of aromatic nitrogens is 2. The SMILES string of the molecule is Cc1cnccc1CNC(=O)C(C)(C)c1c(C)noc1C. The van der Waals surface area contributed by atoms with E-state index in [0.717, 1.165) is 22.4 Å². The summed E-state index contributed by atoms with van der Waals surface area (Å²) in [6, 6.07) is 1.92. The molecule has 0 fully saturated rings. The average molecular weight is 287 g/mol. The van der Waals surface area contributed by atoms with E-state index in [9.17, 15) is 4.79 Å². The van der Waals surface area contributed by atoms with Gasteiger partial charge in [-0.3, -0.25) is 9.78 Å². The third-order valence-electron chi connectivity index (χ3n) is 3.80. The fraction of sp³-hybridized carbons (Fsp3) is 0.438. The number of carbonyl (C=O) groups is 1. The second kappa shape index (κ2) is 5.68. The molecule has 0 aliphatic rings. The molecule has 2 heterocycles. The molecule has 0 atom stereocenters. The molecule has 2 aromatic rings. The number of pyridine rings is 1. The van der Waals surface area contributed by atoms with Crippen LogP contribution < -0.4 is 5.32 Å². The van der Waals surface area contributed by atoms with Crippen LogP contribution in [0.5, 0.6) is 0 Å². The Bertz CT molecular complexity index is 640. The van der Waals surface area contributed by atoms with E-state index < -0.39 is 5.41 Å². The molecular formula is C16H21N3O2. The lowest BCUT2D eigenvalue weighted by Gasteiger charge is -2.23. The van der Waals surface area contributed by atoms with Crippen molar-refractivity contribution in [2.75, 3.05) is 0 Å². The second-order valence-corrected chi connectivity index (χ2v) is 5.81. The Hall–Kier alpha value is -2.17. The number of carbonyl (C=O) groups excluding carboxylic acids is 1. The Labute approximate surface area is 124 Å². The maximum Gasteiger partial charge on any atom is 0.230 e. The van der Waals surface area contributed by atoms with Crippen LogP contribution in [0.2, 0.25) is 0 Å². The largest absolute Gasteiger partial charge is 0.361 e. The second-order valence-electron chi connectivity index (χ2n) is 5.81. The first kappa shape index (κ1) is 15.2. The van der Waals surface area contributed by atoms with Gasteiger partial charge in [0.15, 0.2) is 0 Å². The maximum absolute atomic E-state index is 12.6. The number of aryl methyl sites for hydroxylation is 3. The molecule has 0 unspecified atom stereocenters. The van der Waals surface area contributed by atoms with Gasteiger partial charge < -0.3 is 9.84 Å². The molecule has 5 heteroatoms. The zero-order valence-electron chi connectivity index (χ0n) is 13.2. The molecule has 112 valence electrons. The minimum atomic E-state index is -0.685. The lowest BCUT2D eigenvalue weighted by molar-refractivity contribution is -0.125. The fourth-order valence-corrected chi connectivity index (χ4v) is 2.59. The molecule has 0 aliphatic heterocycles. The van der Waals surface area contributed by atoms with E-state index >= 15 is 0 Å². The lowest BCUT2D eigenvalue weighted by atomic mass is 9.82. The van der Waals surface area contributed by atoms with E-state index in [-0.39, 0.29) is 5.91 Å². The monoisotopic (exact) mass is 287 g/mol. The number of amides is 1. The van der Waals surface area contributed by atoms with Gasteiger partial charge in [-0.15, -0.1) is 0 Å². The molecule has 1 N–H and O–H groups in total. The predicted octanol–water partition coefficient (Wildman–Crippen LogP) is 2.59. The Balaban J connectivity index is 2.15. The van der Waals surface area contributed by atoms with Crippen molar-refractivity contribution < 1.29 is 9.32 Å². The summed E-state index contributed by atoms with van der Waals surface area (Å²) in [5.74, 6) is 0.640. The van der Waals surface area contributed by atoms with Crippen molar-refractivity contribution in [3.8, 4) is 0 Å². The van der Waals surface area contributed by atoms with Crippen LogP contribution in [0.15, 0.2) is 23.0 Å². The molecule has 2 rings (SSSR count). The van der Waals surface area contributed by atoms with E-state index in [4.69, 9.17) is 4.52 Å². The van der Waals surface area contributed by atoms with Crippen LogP contribution in [-0.2, 0) is 16.8 Å². The number of hydrogen-bond acceptors (Lipinski definition) is 4. The molecule has 0 saturated heterocycles. The lowest BCUT2D eigenvalue weighted by Crippen LogP contribution is -2.40. The van der Waals surface area contributed by atoms with Gasteiger partial charge in [-0.2, -0.15) is 0 Å². The van der Waals surface area contributed by atoms with E-state index in [1.807, 2.05) is 40.7 Å². The minimum absolute atomic E-state index is 0.0480. The van der Waals surface area contributed by atoms with Crippen LogP contribution in [0.3, 0.4) is 0 Å². The molecule has 0 spiro atoms. The third kappa shape index (κ3) is 2.96. The standard InChI is InChI=1S/C16H21N3O2/c1-10-8-17-7-6-13(10)9-18-15(20)16(4,5)14-11(2)19-21-12(14)3/h6-8H,9H2,1-5H3,(H,18,20). The Morgan fingerprint density at radius 3 is 2.62 bits per heavy atom. The Morgan fingerprint density at radius 2 is 2.05 bits per heavy atom. The zero-order chi connectivity index (χ0) is 15.6. The quantitative estimate of drug-likeness (QED) is 0.938. The molecule has 1 amide bonds. The number of rotatable bonds is 4. The van der Waals surface area contributed by atoms with Crippen molar-refractivity contribution in [1.82, 2.24) is 15.5 Å². The zero-order valence-corrected chi connectivity index (χ0v) is 13.2. The summed E-state index contributed by atoms with van der Waals surface area (Å²) < 4.78 is 5.18. The maximum atomic E-state index is 12.6. The smallest absolute Gasteiger partial charge is 0.230 e. The van der Waals surface area contributed by atoms with Gasteiger partial charge in [0.25, 0.3) is 0 Å². The molecule has 5 nitrogen and oxygen atoms in total. The molecule has 0 radical (unpaired) electrons. The summed E-state index contributed by atoms with van der Waals surface area (Å²) in [5, 5.41) is 6.92. The van der Waals surface area contributed by atoms with Gasteiger partial charge in [-0.05, 0) is 51.8 Å². The van der Waals surface area contributed by atoms with Crippen molar-refractivity contribution in [3.05, 3.63) is 46.6 Å². The highest BCUT2D eigenvalue weighted by atomic mass is 16.5. The highest BCUT2D eigenvalue weighted by Gasteiger charge is 2.35. The van der Waals surface area contributed by atoms with E-state index in [2.05, 4.69) is 15.5 Å². The first-order valence-electron chi connectivity index (χ1n) is 6.95. The highest BCUT2D eigenvalue weighted by Crippen LogP contribution is 2.29. The summed E-state index contributed by atoms with van der Waals surface area (Å²) in [6.45, 7) is 9.92. The van der Waals surface area contributed by atoms with Gasteiger partial charge in [0.1, 0.15) is 5.76 Å². The highest BCUT2D eigenvalue weighted by molar-refractivity contribution is 5.87. The molecule has 2 aromatic heterocycles. The van der Waals surface area contributed by atoms with Gasteiger partial charge >= 0.3 is 0 Å². The Kier molecular flexibility index (Phi) is 4.11. The summed E-state index contributed by atoms with van der Waals surface area (Å²) in [4.78, 5) is 16.6. The van der Waals surface area contributed by atoms with Crippen LogP contribution in [0.25, 0.3) is 0 Å². The molecular weight excluding hydrogens is 266 g/mol. The fourth-order valence-electron chi connectivity index (χ4n) is 2.59. The number of hydrogen-bond donors (Lipinski definition) is 1. The summed E-state index contributed by atoms with van der Waals surface area (Å²) in [7, 11) is 0. The molecule has 21 heavy (non-hydrogen) atoms. The van der Waals surface area contributed by atoms with Crippen molar-refractivity contribution in [3.63, 3.8) is 0 Å². The summed E-state index contributed by atoms with van der Waals surface area (Å²) in [6.07, 6.45) is 3.52. The van der Waals surface area contributed by atoms with Crippen LogP contribution in [0.4, 0.5) is 0 Å². The average Bonchev–Trinajstić information content (AvgIpc) is 2.77. The van der Waals surface area contributed by atoms with Gasteiger partial charge in [0.05, 0.1) is 11.1 Å². The van der Waals surface area contributed by atoms with E-state index in [1.165, 1.54) is 0 Å².